The molecule has 0 fully saturated rings. The van der Waals surface area contributed by atoms with Crippen LogP contribution in [-0.2, 0) is 6.42 Å². The van der Waals surface area contributed by atoms with Gasteiger partial charge in [-0.25, -0.2) is 0 Å². The van der Waals surface area contributed by atoms with E-state index >= 15 is 0 Å². The van der Waals surface area contributed by atoms with Crippen LogP contribution in [0.25, 0.3) is 5.65 Å². The predicted molar refractivity (Wildman–Crippen MR) is 78.5 cm³/mol. The number of rotatable bonds is 5. The molecule has 0 spiro atoms. The molecule has 2 heterocycles. The fourth-order valence-electron chi connectivity index (χ4n) is 2.05. The number of fused-ring (bicyclic) bond motifs is 1. The van der Waals surface area contributed by atoms with Crippen molar-refractivity contribution >= 4 is 11.5 Å². The van der Waals surface area contributed by atoms with Gasteiger partial charge in [0.15, 0.2) is 11.5 Å². The van der Waals surface area contributed by atoms with Gasteiger partial charge in [0.2, 0.25) is 0 Å². The van der Waals surface area contributed by atoms with Gasteiger partial charge in [-0.1, -0.05) is 12.1 Å². The highest BCUT2D eigenvalue weighted by Gasteiger charge is 2.06. The van der Waals surface area contributed by atoms with E-state index < -0.39 is 0 Å². The third-order valence-corrected chi connectivity index (χ3v) is 3.34. The van der Waals surface area contributed by atoms with Crippen molar-refractivity contribution < 1.29 is 4.74 Å². The SMILES string of the molecule is COc1ccc(CCN(C)c2ccc3nnnn3n2)cc1. The van der Waals surface area contributed by atoms with Gasteiger partial charge in [-0.2, -0.15) is 0 Å². The Morgan fingerprint density at radius 2 is 1.95 bits per heavy atom. The number of methoxy groups -OCH3 is 1. The Kier molecular flexibility index (Phi) is 3.63. The number of anilines is 1. The molecule has 0 aliphatic carbocycles. The number of likely N-dealkylation sites (N-methyl/N-ethyl adjacent to an activating group) is 1. The van der Waals surface area contributed by atoms with E-state index in [1.165, 1.54) is 10.2 Å². The van der Waals surface area contributed by atoms with Gasteiger partial charge in [0.1, 0.15) is 5.75 Å². The molecule has 0 saturated carbocycles. The average Bonchev–Trinajstić information content (AvgIpc) is 3.00. The normalized spacial score (nSPS) is 10.8. The molecule has 3 rings (SSSR count). The van der Waals surface area contributed by atoms with Gasteiger partial charge >= 0.3 is 0 Å². The number of benzene rings is 1. The van der Waals surface area contributed by atoms with E-state index in [9.17, 15) is 0 Å². The van der Waals surface area contributed by atoms with Gasteiger partial charge in [-0.15, -0.1) is 14.8 Å². The molecule has 0 unspecified atom stereocenters. The van der Waals surface area contributed by atoms with Crippen LogP contribution in [0.15, 0.2) is 36.4 Å². The van der Waals surface area contributed by atoms with Crippen LogP contribution in [-0.4, -0.2) is 46.0 Å². The maximum absolute atomic E-state index is 5.16. The Bertz CT molecular complexity index is 724. The van der Waals surface area contributed by atoms with Crippen LogP contribution in [0.5, 0.6) is 5.75 Å². The van der Waals surface area contributed by atoms with Gasteiger partial charge in [-0.05, 0) is 46.7 Å². The minimum absolute atomic E-state index is 0.641. The zero-order valence-electron chi connectivity index (χ0n) is 12.0. The molecule has 2 aromatic heterocycles. The fourth-order valence-corrected chi connectivity index (χ4v) is 2.05. The number of ether oxygens (including phenoxy) is 1. The summed E-state index contributed by atoms with van der Waals surface area (Å²) in [5.74, 6) is 1.71. The summed E-state index contributed by atoms with van der Waals surface area (Å²) < 4.78 is 6.59. The van der Waals surface area contributed by atoms with Crippen molar-refractivity contribution in [2.75, 3.05) is 25.6 Å². The Hall–Kier alpha value is -2.70. The lowest BCUT2D eigenvalue weighted by atomic mass is 10.1. The Labute approximate surface area is 122 Å². The van der Waals surface area contributed by atoms with E-state index in [-0.39, 0.29) is 0 Å². The Morgan fingerprint density at radius 3 is 2.71 bits per heavy atom. The second-order valence-corrected chi connectivity index (χ2v) is 4.74. The molecule has 0 N–H and O–H groups in total. The second-order valence-electron chi connectivity index (χ2n) is 4.74. The molecule has 0 aliphatic heterocycles. The molecule has 0 amide bonds. The first-order chi connectivity index (χ1) is 10.3. The van der Waals surface area contributed by atoms with Crippen molar-refractivity contribution in [3.8, 4) is 5.75 Å². The molecular weight excluding hydrogens is 268 g/mol. The number of nitrogens with zero attached hydrogens (tertiary/aromatic N) is 6. The highest BCUT2D eigenvalue weighted by Crippen LogP contribution is 2.13. The quantitative estimate of drug-likeness (QED) is 0.701. The summed E-state index contributed by atoms with van der Waals surface area (Å²) >= 11 is 0. The summed E-state index contributed by atoms with van der Waals surface area (Å²) in [6.07, 6.45) is 0.926. The number of tetrazole rings is 1. The maximum Gasteiger partial charge on any atom is 0.200 e. The molecule has 0 aliphatic rings. The molecule has 21 heavy (non-hydrogen) atoms. The molecule has 7 nitrogen and oxygen atoms in total. The lowest BCUT2D eigenvalue weighted by molar-refractivity contribution is 0.414. The van der Waals surface area contributed by atoms with Crippen molar-refractivity contribution in [1.29, 1.82) is 0 Å². The molecule has 108 valence electrons. The van der Waals surface area contributed by atoms with E-state index in [1.807, 2.05) is 31.3 Å². The number of hydrogen-bond acceptors (Lipinski definition) is 6. The summed E-state index contributed by atoms with van der Waals surface area (Å²) in [5.41, 5.74) is 1.90. The monoisotopic (exact) mass is 284 g/mol. The van der Waals surface area contributed by atoms with E-state index in [0.717, 1.165) is 24.5 Å². The number of aromatic nitrogens is 5. The van der Waals surface area contributed by atoms with Crippen molar-refractivity contribution in [3.63, 3.8) is 0 Å². The third-order valence-electron chi connectivity index (χ3n) is 3.34. The first-order valence-corrected chi connectivity index (χ1v) is 6.66. The Balaban J connectivity index is 1.66. The smallest absolute Gasteiger partial charge is 0.200 e. The van der Waals surface area contributed by atoms with Crippen LogP contribution in [0.4, 0.5) is 5.82 Å². The maximum atomic E-state index is 5.16. The van der Waals surface area contributed by atoms with Crippen molar-refractivity contribution in [1.82, 2.24) is 25.3 Å². The van der Waals surface area contributed by atoms with Crippen molar-refractivity contribution in [2.45, 2.75) is 6.42 Å². The van der Waals surface area contributed by atoms with Gasteiger partial charge in [0.05, 0.1) is 7.11 Å². The highest BCUT2D eigenvalue weighted by atomic mass is 16.5. The zero-order chi connectivity index (χ0) is 14.7. The van der Waals surface area contributed by atoms with Gasteiger partial charge in [0, 0.05) is 13.6 Å². The Morgan fingerprint density at radius 1 is 1.14 bits per heavy atom. The van der Waals surface area contributed by atoms with E-state index in [4.69, 9.17) is 4.74 Å². The summed E-state index contributed by atoms with van der Waals surface area (Å²) in [5, 5.41) is 15.6. The molecule has 0 atom stereocenters. The van der Waals surface area contributed by atoms with Gasteiger partial charge in [0.25, 0.3) is 0 Å². The molecule has 0 radical (unpaired) electrons. The van der Waals surface area contributed by atoms with Crippen LogP contribution in [0.3, 0.4) is 0 Å². The van der Waals surface area contributed by atoms with Crippen molar-refractivity contribution in [3.05, 3.63) is 42.0 Å². The van der Waals surface area contributed by atoms with Crippen LogP contribution in [0.1, 0.15) is 5.56 Å². The number of hydrogen-bond donors (Lipinski definition) is 0. The lowest BCUT2D eigenvalue weighted by Gasteiger charge is -2.17. The van der Waals surface area contributed by atoms with Gasteiger partial charge in [-0.3, -0.25) is 0 Å². The molecule has 3 aromatic rings. The van der Waals surface area contributed by atoms with Crippen LogP contribution in [0, 0.1) is 0 Å². The fraction of sp³-hybridized carbons (Fsp3) is 0.286. The first-order valence-electron chi connectivity index (χ1n) is 6.66. The topological polar surface area (TPSA) is 68.4 Å². The second kappa shape index (κ2) is 5.74. The van der Waals surface area contributed by atoms with Crippen LogP contribution >= 0.6 is 0 Å². The van der Waals surface area contributed by atoms with E-state index in [2.05, 4.69) is 37.7 Å². The average molecular weight is 284 g/mol. The van der Waals surface area contributed by atoms with Gasteiger partial charge < -0.3 is 9.64 Å². The summed E-state index contributed by atoms with van der Waals surface area (Å²) in [6, 6.07) is 11.9. The van der Waals surface area contributed by atoms with E-state index in [1.54, 1.807) is 7.11 Å². The lowest BCUT2D eigenvalue weighted by Crippen LogP contribution is -2.22. The zero-order valence-corrected chi connectivity index (χ0v) is 12.0. The summed E-state index contributed by atoms with van der Waals surface area (Å²) in [7, 11) is 3.67. The minimum Gasteiger partial charge on any atom is -0.497 e. The highest BCUT2D eigenvalue weighted by molar-refractivity contribution is 5.43. The standard InChI is InChI=1S/C14H16N6O/c1-19(10-9-11-3-5-12(21-2)6-4-11)14-8-7-13-15-17-18-20(13)16-14/h3-8H,9-10H2,1-2H3. The van der Waals surface area contributed by atoms with E-state index in [0.29, 0.717) is 5.65 Å². The summed E-state index contributed by atoms with van der Waals surface area (Å²) in [6.45, 7) is 0.854. The largest absolute Gasteiger partial charge is 0.497 e. The summed E-state index contributed by atoms with van der Waals surface area (Å²) in [4.78, 5) is 2.07. The minimum atomic E-state index is 0.641. The molecule has 0 saturated heterocycles. The van der Waals surface area contributed by atoms with Crippen LogP contribution < -0.4 is 9.64 Å². The van der Waals surface area contributed by atoms with Crippen LogP contribution in [0.2, 0.25) is 0 Å². The van der Waals surface area contributed by atoms with Crippen molar-refractivity contribution in [2.24, 2.45) is 0 Å². The molecule has 7 heteroatoms. The first kappa shape index (κ1) is 13.3. The predicted octanol–water partition coefficient (Wildman–Crippen LogP) is 1.21. The molecule has 1 aromatic carbocycles. The molecular formula is C14H16N6O. The third kappa shape index (κ3) is 2.91. The molecule has 0 bridgehead atoms.